The van der Waals surface area contributed by atoms with E-state index in [1.807, 2.05) is 13.8 Å². The van der Waals surface area contributed by atoms with Crippen LogP contribution in [0.3, 0.4) is 0 Å². The van der Waals surface area contributed by atoms with Gasteiger partial charge in [-0.2, -0.15) is 0 Å². The number of aryl methyl sites for hydroxylation is 1. The lowest BCUT2D eigenvalue weighted by Crippen LogP contribution is -2.41. The molecule has 19 heavy (non-hydrogen) atoms. The molecule has 0 fully saturated rings. The topological polar surface area (TPSA) is 61.4 Å². The van der Waals surface area contributed by atoms with Crippen molar-refractivity contribution in [2.45, 2.75) is 33.2 Å². The summed E-state index contributed by atoms with van der Waals surface area (Å²) in [6, 6.07) is 3.96. The first-order chi connectivity index (χ1) is 8.93. The molecule has 0 aromatic heterocycles. The number of carbonyl (C=O) groups excluding carboxylic acids is 1. The number of carbonyl (C=O) groups is 1. The van der Waals surface area contributed by atoms with Crippen LogP contribution >= 0.6 is 0 Å². The highest BCUT2D eigenvalue weighted by Gasteiger charge is 2.15. The van der Waals surface area contributed by atoms with Crippen LogP contribution in [0.1, 0.15) is 25.8 Å². The molecule has 0 aliphatic heterocycles. The monoisotopic (exact) mass is 268 g/mol. The van der Waals surface area contributed by atoms with E-state index < -0.39 is 0 Å². The van der Waals surface area contributed by atoms with Crippen molar-refractivity contribution in [3.05, 3.63) is 29.6 Å². The third-order valence-electron chi connectivity index (χ3n) is 2.98. The molecule has 1 aromatic rings. The van der Waals surface area contributed by atoms with Gasteiger partial charge in [-0.15, -0.1) is 0 Å². The summed E-state index contributed by atoms with van der Waals surface area (Å²) in [4.78, 5) is 11.8. The van der Waals surface area contributed by atoms with Gasteiger partial charge in [0, 0.05) is 18.3 Å². The molecule has 0 radical (unpaired) electrons. The van der Waals surface area contributed by atoms with E-state index in [9.17, 15) is 9.18 Å². The van der Waals surface area contributed by atoms with Crippen molar-refractivity contribution in [1.82, 2.24) is 5.32 Å². The van der Waals surface area contributed by atoms with Crippen molar-refractivity contribution in [3.63, 3.8) is 0 Å². The SMILES string of the molecule is Cc1cc(NC(=O)NC(CCO)C(C)C)ccc1F. The van der Waals surface area contributed by atoms with Gasteiger partial charge in [0.25, 0.3) is 0 Å². The van der Waals surface area contributed by atoms with Crippen LogP contribution in [0.15, 0.2) is 18.2 Å². The smallest absolute Gasteiger partial charge is 0.319 e. The van der Waals surface area contributed by atoms with Crippen molar-refractivity contribution >= 4 is 11.7 Å². The molecule has 1 unspecified atom stereocenters. The molecule has 0 saturated heterocycles. The normalized spacial score (nSPS) is 12.3. The minimum Gasteiger partial charge on any atom is -0.396 e. The molecule has 0 bridgehead atoms. The highest BCUT2D eigenvalue weighted by molar-refractivity contribution is 5.89. The molecule has 3 N–H and O–H groups in total. The summed E-state index contributed by atoms with van der Waals surface area (Å²) in [6.45, 7) is 5.62. The quantitative estimate of drug-likeness (QED) is 0.769. The van der Waals surface area contributed by atoms with E-state index in [1.54, 1.807) is 13.0 Å². The largest absolute Gasteiger partial charge is 0.396 e. The number of benzene rings is 1. The second-order valence-electron chi connectivity index (χ2n) is 4.93. The predicted octanol–water partition coefficient (Wildman–Crippen LogP) is 2.66. The Morgan fingerprint density at radius 2 is 2.11 bits per heavy atom. The molecular formula is C14H21FN2O2. The molecule has 0 spiro atoms. The summed E-state index contributed by atoms with van der Waals surface area (Å²) in [6.07, 6.45) is 0.507. The second kappa shape index (κ2) is 7.09. The van der Waals surface area contributed by atoms with Crippen LogP contribution in [-0.4, -0.2) is 23.8 Å². The third kappa shape index (κ3) is 4.87. The fourth-order valence-electron chi connectivity index (χ4n) is 1.77. The van der Waals surface area contributed by atoms with Gasteiger partial charge in [0.15, 0.2) is 0 Å². The van der Waals surface area contributed by atoms with Crippen molar-refractivity contribution in [3.8, 4) is 0 Å². The van der Waals surface area contributed by atoms with Crippen LogP contribution in [0.2, 0.25) is 0 Å². The molecule has 0 aliphatic rings. The first kappa shape index (κ1) is 15.4. The lowest BCUT2D eigenvalue weighted by atomic mass is 10.0. The molecule has 0 heterocycles. The highest BCUT2D eigenvalue weighted by Crippen LogP contribution is 2.14. The molecule has 1 atom stereocenters. The fraction of sp³-hybridized carbons (Fsp3) is 0.500. The maximum Gasteiger partial charge on any atom is 0.319 e. The second-order valence-corrected chi connectivity index (χ2v) is 4.93. The molecule has 1 aromatic carbocycles. The Bertz CT molecular complexity index is 435. The number of nitrogens with one attached hydrogen (secondary N) is 2. The number of aliphatic hydroxyl groups excluding tert-OH is 1. The number of anilines is 1. The van der Waals surface area contributed by atoms with Gasteiger partial charge in [0.2, 0.25) is 0 Å². The molecule has 0 saturated carbocycles. The minimum absolute atomic E-state index is 0.0266. The first-order valence-corrected chi connectivity index (χ1v) is 6.38. The minimum atomic E-state index is -0.349. The van der Waals surface area contributed by atoms with Crippen LogP contribution in [-0.2, 0) is 0 Å². The molecular weight excluding hydrogens is 247 g/mol. The van der Waals surface area contributed by atoms with Crippen LogP contribution in [0.4, 0.5) is 14.9 Å². The lowest BCUT2D eigenvalue weighted by molar-refractivity contribution is 0.227. The summed E-state index contributed by atoms with van der Waals surface area (Å²) >= 11 is 0. The zero-order valence-electron chi connectivity index (χ0n) is 11.5. The average Bonchev–Trinajstić information content (AvgIpc) is 2.33. The number of amides is 2. The van der Waals surface area contributed by atoms with Crippen molar-refractivity contribution < 1.29 is 14.3 Å². The van der Waals surface area contributed by atoms with Gasteiger partial charge >= 0.3 is 6.03 Å². The Balaban J connectivity index is 2.61. The molecule has 5 heteroatoms. The van der Waals surface area contributed by atoms with Crippen LogP contribution < -0.4 is 10.6 Å². The van der Waals surface area contributed by atoms with E-state index in [0.717, 1.165) is 0 Å². The highest BCUT2D eigenvalue weighted by atomic mass is 19.1. The van der Waals surface area contributed by atoms with Gasteiger partial charge in [0.1, 0.15) is 5.82 Å². The van der Waals surface area contributed by atoms with Crippen LogP contribution in [0.5, 0.6) is 0 Å². The van der Waals surface area contributed by atoms with Gasteiger partial charge in [-0.3, -0.25) is 0 Å². The van der Waals surface area contributed by atoms with Crippen LogP contribution in [0.25, 0.3) is 0 Å². The standard InChI is InChI=1S/C14H21FN2O2/c1-9(2)13(6-7-18)17-14(19)16-11-4-5-12(15)10(3)8-11/h4-5,8-9,13,18H,6-7H2,1-3H3,(H2,16,17,19). The summed E-state index contributed by atoms with van der Waals surface area (Å²) < 4.78 is 13.1. The summed E-state index contributed by atoms with van der Waals surface area (Å²) in [5.41, 5.74) is 1.02. The number of hydrogen-bond donors (Lipinski definition) is 3. The van der Waals surface area contributed by atoms with Gasteiger partial charge in [0.05, 0.1) is 0 Å². The third-order valence-corrected chi connectivity index (χ3v) is 2.98. The van der Waals surface area contributed by atoms with Crippen molar-refractivity contribution in [2.75, 3.05) is 11.9 Å². The molecule has 4 nitrogen and oxygen atoms in total. The zero-order valence-corrected chi connectivity index (χ0v) is 11.5. The molecule has 2 amide bonds. The Labute approximate surface area is 113 Å². The lowest BCUT2D eigenvalue weighted by Gasteiger charge is -2.21. The Morgan fingerprint density at radius 1 is 1.42 bits per heavy atom. The molecule has 1 rings (SSSR count). The van der Waals surface area contributed by atoms with Gasteiger partial charge in [-0.1, -0.05) is 13.8 Å². The van der Waals surface area contributed by atoms with E-state index >= 15 is 0 Å². The van der Waals surface area contributed by atoms with E-state index in [2.05, 4.69) is 10.6 Å². The van der Waals surface area contributed by atoms with Crippen molar-refractivity contribution in [2.24, 2.45) is 5.92 Å². The predicted molar refractivity (Wildman–Crippen MR) is 73.6 cm³/mol. The number of aliphatic hydroxyl groups is 1. The number of urea groups is 1. The van der Waals surface area contributed by atoms with E-state index in [1.165, 1.54) is 12.1 Å². The maximum absolute atomic E-state index is 13.1. The molecule has 106 valence electrons. The van der Waals surface area contributed by atoms with E-state index in [-0.39, 0.29) is 30.4 Å². The number of rotatable bonds is 5. The van der Waals surface area contributed by atoms with Crippen LogP contribution in [0, 0.1) is 18.7 Å². The van der Waals surface area contributed by atoms with Gasteiger partial charge in [-0.05, 0) is 43.0 Å². The Hall–Kier alpha value is -1.62. The molecule has 0 aliphatic carbocycles. The zero-order chi connectivity index (χ0) is 14.4. The summed E-state index contributed by atoms with van der Waals surface area (Å²) in [7, 11) is 0. The maximum atomic E-state index is 13.1. The Kier molecular flexibility index (Phi) is 5.76. The summed E-state index contributed by atoms with van der Waals surface area (Å²) in [5.74, 6) is -0.0702. The number of halogens is 1. The van der Waals surface area contributed by atoms with E-state index in [4.69, 9.17) is 5.11 Å². The van der Waals surface area contributed by atoms with Crippen molar-refractivity contribution in [1.29, 1.82) is 0 Å². The van der Waals surface area contributed by atoms with Gasteiger partial charge in [-0.25, -0.2) is 9.18 Å². The summed E-state index contributed by atoms with van der Waals surface area (Å²) in [5, 5.41) is 14.4. The Morgan fingerprint density at radius 3 is 2.63 bits per heavy atom. The van der Waals surface area contributed by atoms with Gasteiger partial charge < -0.3 is 15.7 Å². The van der Waals surface area contributed by atoms with E-state index in [0.29, 0.717) is 17.7 Å². The first-order valence-electron chi connectivity index (χ1n) is 6.38. The average molecular weight is 268 g/mol. The fourth-order valence-corrected chi connectivity index (χ4v) is 1.77. The number of hydrogen-bond acceptors (Lipinski definition) is 2.